The fraction of sp³-hybridized carbons (Fsp3) is 0. The number of aromatic amines is 1. The van der Waals surface area contributed by atoms with E-state index in [-0.39, 0.29) is 17.8 Å². The number of H-pyrrole nitrogens is 1. The molecule has 2 aromatic heterocycles. The summed E-state index contributed by atoms with van der Waals surface area (Å²) in [6.07, 6.45) is 1.31. The lowest BCUT2D eigenvalue weighted by Crippen LogP contribution is -2.04. The van der Waals surface area contributed by atoms with E-state index in [1.54, 1.807) is 0 Å². The van der Waals surface area contributed by atoms with Crippen LogP contribution in [0.1, 0.15) is 0 Å². The summed E-state index contributed by atoms with van der Waals surface area (Å²) in [7, 11) is 0. The van der Waals surface area contributed by atoms with Crippen molar-refractivity contribution in [3.8, 4) is 5.95 Å². The largest absolute Gasteiger partial charge is 0.368 e. The van der Waals surface area contributed by atoms with Crippen LogP contribution < -0.4 is 11.5 Å². The van der Waals surface area contributed by atoms with E-state index in [0.29, 0.717) is 0 Å². The molecule has 0 fully saturated rings. The predicted octanol–water partition coefficient (Wildman–Crippen LogP) is -1.45. The topological polar surface area (TPSA) is 124 Å². The Kier molecular flexibility index (Phi) is 1.20. The number of hydrogen-bond donors (Lipinski definition) is 3. The average Bonchev–Trinajstić information content (AvgIpc) is 2.58. The van der Waals surface area contributed by atoms with E-state index in [9.17, 15) is 0 Å². The molecule has 0 radical (unpaired) electrons. The Hall–Kier alpha value is -2.12. The normalized spacial score (nSPS) is 10.3. The molecule has 0 atom stereocenters. The van der Waals surface area contributed by atoms with Crippen LogP contribution in [0.15, 0.2) is 6.33 Å². The predicted molar refractivity (Wildman–Crippen MR) is 40.1 cm³/mol. The number of nitrogens with zero attached hydrogens (tertiary/aromatic N) is 5. The summed E-state index contributed by atoms with van der Waals surface area (Å²) >= 11 is 0. The summed E-state index contributed by atoms with van der Waals surface area (Å²) < 4.78 is 1.27. The van der Waals surface area contributed by atoms with Crippen LogP contribution in [-0.2, 0) is 0 Å². The summed E-state index contributed by atoms with van der Waals surface area (Å²) in [6, 6.07) is 0. The first-order valence-corrected chi connectivity index (χ1v) is 3.11. The van der Waals surface area contributed by atoms with Crippen molar-refractivity contribution in [3.63, 3.8) is 0 Å². The van der Waals surface area contributed by atoms with E-state index in [2.05, 4.69) is 25.3 Å². The maximum Gasteiger partial charge on any atom is 0.274 e. The molecule has 0 saturated heterocycles. The third-order valence-electron chi connectivity index (χ3n) is 1.25. The van der Waals surface area contributed by atoms with Gasteiger partial charge in [-0.15, -0.1) is 5.10 Å². The molecule has 2 heterocycles. The Morgan fingerprint density at radius 3 is 2.75 bits per heavy atom. The minimum atomic E-state index is 0.208. The highest BCUT2D eigenvalue weighted by atomic mass is 15.5. The van der Waals surface area contributed by atoms with Crippen molar-refractivity contribution < 1.29 is 0 Å². The Bertz CT molecular complexity index is 385. The van der Waals surface area contributed by atoms with E-state index >= 15 is 0 Å². The third-order valence-corrected chi connectivity index (χ3v) is 1.25. The smallest absolute Gasteiger partial charge is 0.274 e. The zero-order valence-electron chi connectivity index (χ0n) is 5.97. The van der Waals surface area contributed by atoms with E-state index in [1.165, 1.54) is 11.0 Å². The molecule has 2 rings (SSSR count). The Labute approximate surface area is 66.6 Å². The number of anilines is 2. The molecule has 8 nitrogen and oxygen atoms in total. The molecule has 62 valence electrons. The molecule has 5 N–H and O–H groups in total. The van der Waals surface area contributed by atoms with Crippen LogP contribution in [0.5, 0.6) is 0 Å². The summed E-state index contributed by atoms with van der Waals surface area (Å²) in [4.78, 5) is 7.50. The van der Waals surface area contributed by atoms with Crippen molar-refractivity contribution in [1.82, 2.24) is 29.9 Å². The maximum atomic E-state index is 5.44. The molecule has 0 bridgehead atoms. The molecule has 2 aromatic rings. The molecular formula is C4H6N8. The minimum Gasteiger partial charge on any atom is -0.368 e. The number of nitrogen functional groups attached to an aromatic ring is 2. The van der Waals surface area contributed by atoms with Gasteiger partial charge in [0.15, 0.2) is 0 Å². The third kappa shape index (κ3) is 0.856. The van der Waals surface area contributed by atoms with Gasteiger partial charge in [0, 0.05) is 0 Å². The molecule has 8 heteroatoms. The highest BCUT2D eigenvalue weighted by Gasteiger charge is 2.06. The summed E-state index contributed by atoms with van der Waals surface area (Å²) in [5, 5.41) is 9.97. The summed E-state index contributed by atoms with van der Waals surface area (Å²) in [5.41, 5.74) is 10.7. The lowest BCUT2D eigenvalue weighted by atomic mass is 10.9. The van der Waals surface area contributed by atoms with Crippen LogP contribution in [0.25, 0.3) is 5.95 Å². The van der Waals surface area contributed by atoms with Gasteiger partial charge >= 0.3 is 0 Å². The number of nitrogens with one attached hydrogen (secondary N) is 1. The first kappa shape index (κ1) is 6.58. The maximum absolute atomic E-state index is 5.44. The molecule has 0 unspecified atom stereocenters. The second-order valence-corrected chi connectivity index (χ2v) is 2.05. The minimum absolute atomic E-state index is 0.208. The quantitative estimate of drug-likeness (QED) is 0.476. The second kappa shape index (κ2) is 2.19. The molecule has 0 aliphatic heterocycles. The van der Waals surface area contributed by atoms with Gasteiger partial charge in [0.05, 0.1) is 0 Å². The number of hydrogen-bond acceptors (Lipinski definition) is 6. The average molecular weight is 166 g/mol. The number of aromatic nitrogens is 6. The van der Waals surface area contributed by atoms with Gasteiger partial charge in [-0.25, -0.2) is 5.10 Å². The summed E-state index contributed by atoms with van der Waals surface area (Å²) in [6.45, 7) is 0. The Morgan fingerprint density at radius 1 is 1.42 bits per heavy atom. The van der Waals surface area contributed by atoms with Gasteiger partial charge in [0.2, 0.25) is 11.9 Å². The van der Waals surface area contributed by atoms with Gasteiger partial charge in [-0.05, 0) is 0 Å². The Balaban J connectivity index is 2.50. The highest BCUT2D eigenvalue weighted by molar-refractivity contribution is 5.27. The van der Waals surface area contributed by atoms with Gasteiger partial charge in [0.1, 0.15) is 6.33 Å². The first-order valence-electron chi connectivity index (χ1n) is 3.11. The highest BCUT2D eigenvalue weighted by Crippen LogP contribution is 2.03. The molecule has 12 heavy (non-hydrogen) atoms. The van der Waals surface area contributed by atoms with E-state index in [4.69, 9.17) is 11.5 Å². The fourth-order valence-corrected chi connectivity index (χ4v) is 0.764. The van der Waals surface area contributed by atoms with E-state index < -0.39 is 0 Å². The lowest BCUT2D eigenvalue weighted by molar-refractivity contribution is 0.822. The molecule has 0 amide bonds. The van der Waals surface area contributed by atoms with E-state index in [1.807, 2.05) is 0 Å². The van der Waals surface area contributed by atoms with Gasteiger partial charge < -0.3 is 11.5 Å². The van der Waals surface area contributed by atoms with Crippen molar-refractivity contribution in [2.24, 2.45) is 0 Å². The van der Waals surface area contributed by atoms with Crippen LogP contribution in [-0.4, -0.2) is 29.9 Å². The lowest BCUT2D eigenvalue weighted by Gasteiger charge is -1.92. The van der Waals surface area contributed by atoms with Gasteiger partial charge in [-0.1, -0.05) is 0 Å². The SMILES string of the molecule is Nc1nc(-n2ncnc2N)n[nH]1. The summed E-state index contributed by atoms with van der Waals surface area (Å²) in [5.74, 6) is 0.705. The molecule has 0 aliphatic rings. The van der Waals surface area contributed by atoms with Gasteiger partial charge in [-0.2, -0.15) is 19.7 Å². The number of rotatable bonds is 1. The monoisotopic (exact) mass is 166 g/mol. The fourth-order valence-electron chi connectivity index (χ4n) is 0.764. The van der Waals surface area contributed by atoms with Gasteiger partial charge in [0.25, 0.3) is 5.95 Å². The second-order valence-electron chi connectivity index (χ2n) is 2.05. The first-order chi connectivity index (χ1) is 5.77. The van der Waals surface area contributed by atoms with Crippen molar-refractivity contribution in [1.29, 1.82) is 0 Å². The van der Waals surface area contributed by atoms with Crippen LogP contribution in [0, 0.1) is 0 Å². The molecular weight excluding hydrogens is 160 g/mol. The standard InChI is InChI=1S/C4H6N8/c5-2-9-4(11-10-2)12-3(6)7-1-8-12/h1H,(H2,6,7,8)(H3,5,9,10,11). The molecule has 0 aliphatic carbocycles. The van der Waals surface area contributed by atoms with Crippen molar-refractivity contribution in [2.45, 2.75) is 0 Å². The zero-order chi connectivity index (χ0) is 8.55. The molecule has 0 aromatic carbocycles. The van der Waals surface area contributed by atoms with E-state index in [0.717, 1.165) is 0 Å². The van der Waals surface area contributed by atoms with Gasteiger partial charge in [-0.3, -0.25) is 0 Å². The molecule has 0 spiro atoms. The van der Waals surface area contributed by atoms with Crippen LogP contribution in [0.2, 0.25) is 0 Å². The van der Waals surface area contributed by atoms with Crippen molar-refractivity contribution in [3.05, 3.63) is 6.33 Å². The van der Waals surface area contributed by atoms with Crippen LogP contribution >= 0.6 is 0 Å². The number of nitrogens with two attached hydrogens (primary N) is 2. The van der Waals surface area contributed by atoms with Crippen molar-refractivity contribution >= 4 is 11.9 Å². The molecule has 0 saturated carbocycles. The Morgan fingerprint density at radius 2 is 2.25 bits per heavy atom. The zero-order valence-corrected chi connectivity index (χ0v) is 5.97. The van der Waals surface area contributed by atoms with Crippen LogP contribution in [0.3, 0.4) is 0 Å². The van der Waals surface area contributed by atoms with Crippen LogP contribution in [0.4, 0.5) is 11.9 Å². The van der Waals surface area contributed by atoms with Crippen molar-refractivity contribution in [2.75, 3.05) is 11.5 Å².